The highest BCUT2D eigenvalue weighted by molar-refractivity contribution is 7.92. The molecule has 0 spiro atoms. The van der Waals surface area contributed by atoms with Gasteiger partial charge in [0.1, 0.15) is 0 Å². The second-order valence-corrected chi connectivity index (χ2v) is 11.9. The molecule has 0 aliphatic carbocycles. The smallest absolute Gasteiger partial charge is 0.242 e. The van der Waals surface area contributed by atoms with Gasteiger partial charge in [-0.25, -0.2) is 8.42 Å². The minimum atomic E-state index is -3.97. The third kappa shape index (κ3) is 6.29. The minimum Gasteiger partial charge on any atom is -0.396 e. The zero-order valence-electron chi connectivity index (χ0n) is 21.4. The molecule has 37 heavy (non-hydrogen) atoms. The summed E-state index contributed by atoms with van der Waals surface area (Å²) >= 11 is 0. The molecule has 0 unspecified atom stereocenters. The molecule has 3 atom stereocenters. The van der Waals surface area contributed by atoms with Crippen LogP contribution in [0.1, 0.15) is 35.1 Å². The van der Waals surface area contributed by atoms with Crippen LogP contribution in [0.5, 0.6) is 0 Å². The maximum absolute atomic E-state index is 13.9. The molecule has 3 aromatic rings. The summed E-state index contributed by atoms with van der Waals surface area (Å²) in [7, 11) is -3.97. The van der Waals surface area contributed by atoms with Crippen molar-refractivity contribution in [3.05, 3.63) is 101 Å². The molecule has 1 fully saturated rings. The Morgan fingerprint density at radius 2 is 1.49 bits per heavy atom. The van der Waals surface area contributed by atoms with Crippen LogP contribution >= 0.6 is 0 Å². The lowest BCUT2D eigenvalue weighted by Crippen LogP contribution is -2.36. The van der Waals surface area contributed by atoms with Crippen molar-refractivity contribution in [2.75, 3.05) is 13.2 Å². The second-order valence-electron chi connectivity index (χ2n) is 9.83. The van der Waals surface area contributed by atoms with Crippen LogP contribution in [0.25, 0.3) is 0 Å². The van der Waals surface area contributed by atoms with E-state index in [0.29, 0.717) is 26.0 Å². The monoisotopic (exact) mass is 521 g/mol. The van der Waals surface area contributed by atoms with Gasteiger partial charge in [-0.1, -0.05) is 77.9 Å². The van der Waals surface area contributed by atoms with Gasteiger partial charge < -0.3 is 14.7 Å². The van der Waals surface area contributed by atoms with Crippen molar-refractivity contribution in [2.24, 2.45) is 5.92 Å². The first-order valence-corrected chi connectivity index (χ1v) is 14.2. The normalized spacial score (nSPS) is 19.9. The molecule has 4 rings (SSSR count). The van der Waals surface area contributed by atoms with Crippen molar-refractivity contribution in [3.8, 4) is 0 Å². The number of aliphatic hydroxyl groups excluding tert-OH is 1. The van der Waals surface area contributed by atoms with Gasteiger partial charge in [-0.3, -0.25) is 4.79 Å². The summed E-state index contributed by atoms with van der Waals surface area (Å²) in [6.07, 6.45) is 0.961. The van der Waals surface area contributed by atoms with E-state index in [9.17, 15) is 18.3 Å². The van der Waals surface area contributed by atoms with Crippen molar-refractivity contribution in [3.63, 3.8) is 0 Å². The number of amides is 1. The van der Waals surface area contributed by atoms with E-state index in [1.165, 1.54) is 0 Å². The first-order chi connectivity index (χ1) is 17.8. The summed E-state index contributed by atoms with van der Waals surface area (Å²) in [6.45, 7) is 4.62. The van der Waals surface area contributed by atoms with Crippen molar-refractivity contribution >= 4 is 15.7 Å². The number of hydrogen-bond donors (Lipinski definition) is 1. The zero-order valence-corrected chi connectivity index (χ0v) is 22.2. The molecule has 3 aromatic carbocycles. The highest BCUT2D eigenvalue weighted by Gasteiger charge is 2.54. The number of rotatable bonds is 11. The molecule has 1 amide bonds. The molecule has 7 heteroatoms. The fraction of sp³-hybridized carbons (Fsp3) is 0.367. The van der Waals surface area contributed by atoms with E-state index in [2.05, 4.69) is 0 Å². The first kappa shape index (κ1) is 27.0. The van der Waals surface area contributed by atoms with Gasteiger partial charge in [-0.2, -0.15) is 0 Å². The SMILES string of the molecule is Cc1ccc(CN2C(=O)[C@H](S(=O)(=O)c3ccc(C)cc3)[C@@H](COCc3ccccc3)[C@@H]2CCCO)cc1. The largest absolute Gasteiger partial charge is 0.396 e. The lowest BCUT2D eigenvalue weighted by molar-refractivity contribution is -0.129. The van der Waals surface area contributed by atoms with Gasteiger partial charge in [0.15, 0.2) is 15.1 Å². The highest BCUT2D eigenvalue weighted by atomic mass is 32.2. The summed E-state index contributed by atoms with van der Waals surface area (Å²) in [4.78, 5) is 15.7. The Hall–Kier alpha value is -3.00. The summed E-state index contributed by atoms with van der Waals surface area (Å²) < 4.78 is 33.9. The van der Waals surface area contributed by atoms with Gasteiger partial charge in [0.25, 0.3) is 0 Å². The molecular weight excluding hydrogens is 486 g/mol. The van der Waals surface area contributed by atoms with E-state index in [-0.39, 0.29) is 24.2 Å². The number of aryl methyl sites for hydroxylation is 2. The molecule has 1 N–H and O–H groups in total. The van der Waals surface area contributed by atoms with Crippen molar-refractivity contribution in [2.45, 2.75) is 56.0 Å². The predicted molar refractivity (Wildman–Crippen MR) is 144 cm³/mol. The minimum absolute atomic E-state index is 0.0317. The quantitative estimate of drug-likeness (QED) is 0.403. The number of nitrogens with zero attached hydrogens (tertiary/aromatic N) is 1. The number of hydrogen-bond acceptors (Lipinski definition) is 5. The first-order valence-electron chi connectivity index (χ1n) is 12.7. The van der Waals surface area contributed by atoms with E-state index < -0.39 is 26.9 Å². The Morgan fingerprint density at radius 3 is 2.11 bits per heavy atom. The Labute approximate surface area is 219 Å². The summed E-state index contributed by atoms with van der Waals surface area (Å²) in [5, 5.41) is 8.34. The van der Waals surface area contributed by atoms with Crippen LogP contribution < -0.4 is 0 Å². The maximum atomic E-state index is 13.9. The molecule has 1 heterocycles. The van der Waals surface area contributed by atoms with Crippen LogP contribution in [0.4, 0.5) is 0 Å². The number of ether oxygens (including phenoxy) is 1. The number of benzene rings is 3. The van der Waals surface area contributed by atoms with Crippen LogP contribution in [0, 0.1) is 19.8 Å². The predicted octanol–water partition coefficient (Wildman–Crippen LogP) is 4.46. The summed E-state index contributed by atoms with van der Waals surface area (Å²) in [6, 6.07) is 23.9. The number of likely N-dealkylation sites (tertiary alicyclic amines) is 1. The Balaban J connectivity index is 1.68. The number of carbonyl (C=O) groups excluding carboxylic acids is 1. The van der Waals surface area contributed by atoms with Crippen molar-refractivity contribution in [1.29, 1.82) is 0 Å². The zero-order chi connectivity index (χ0) is 26.4. The van der Waals surface area contributed by atoms with Crippen molar-refractivity contribution < 1.29 is 23.1 Å². The molecule has 6 nitrogen and oxygen atoms in total. The van der Waals surface area contributed by atoms with E-state index in [4.69, 9.17) is 4.74 Å². The Kier molecular flexibility index (Phi) is 8.79. The van der Waals surface area contributed by atoms with Crippen molar-refractivity contribution in [1.82, 2.24) is 4.90 Å². The fourth-order valence-electron chi connectivity index (χ4n) is 5.02. The molecular formula is C30H35NO5S. The summed E-state index contributed by atoms with van der Waals surface area (Å²) in [5.41, 5.74) is 3.97. The van der Waals surface area contributed by atoms with Crippen LogP contribution in [0.2, 0.25) is 0 Å². The van der Waals surface area contributed by atoms with Crippen LogP contribution in [-0.2, 0) is 32.5 Å². The lowest BCUT2D eigenvalue weighted by atomic mass is 9.96. The molecule has 0 saturated carbocycles. The Bertz CT molecular complexity index is 1270. The topological polar surface area (TPSA) is 83.9 Å². The van der Waals surface area contributed by atoms with Crippen LogP contribution in [0.15, 0.2) is 83.8 Å². The van der Waals surface area contributed by atoms with E-state index in [1.54, 1.807) is 29.2 Å². The van der Waals surface area contributed by atoms with Gasteiger partial charge in [0.05, 0.1) is 18.1 Å². The molecule has 0 aromatic heterocycles. The van der Waals surface area contributed by atoms with Crippen LogP contribution in [-0.4, -0.2) is 48.8 Å². The number of sulfone groups is 1. The Morgan fingerprint density at radius 1 is 0.865 bits per heavy atom. The fourth-order valence-corrected chi connectivity index (χ4v) is 6.95. The molecule has 1 aliphatic rings. The summed E-state index contributed by atoms with van der Waals surface area (Å²) in [5.74, 6) is -0.975. The van der Waals surface area contributed by atoms with Crippen LogP contribution in [0.3, 0.4) is 0 Å². The molecule has 1 saturated heterocycles. The molecule has 0 bridgehead atoms. The highest BCUT2D eigenvalue weighted by Crippen LogP contribution is 2.37. The number of aliphatic hydroxyl groups is 1. The van der Waals surface area contributed by atoms with E-state index in [0.717, 1.165) is 22.3 Å². The molecule has 196 valence electrons. The van der Waals surface area contributed by atoms with Gasteiger partial charge in [-0.05, 0) is 49.9 Å². The van der Waals surface area contributed by atoms with E-state index in [1.807, 2.05) is 68.4 Å². The standard InChI is InChI=1S/C30H35NO5S/c1-22-10-14-24(15-11-22)19-31-28(9-6-18-32)27(21-36-20-25-7-4-3-5-8-25)29(30(31)33)37(34,35)26-16-12-23(2)13-17-26/h3-5,7-8,10-17,27-29,32H,6,9,18-21H2,1-2H3/t27-,28-,29+/m0/s1. The average Bonchev–Trinajstić information content (AvgIpc) is 3.15. The van der Waals surface area contributed by atoms with Gasteiger partial charge in [-0.15, -0.1) is 0 Å². The second kappa shape index (κ2) is 12.0. The number of carbonyl (C=O) groups is 1. The average molecular weight is 522 g/mol. The third-order valence-corrected chi connectivity index (χ3v) is 9.20. The molecule has 0 radical (unpaired) electrons. The lowest BCUT2D eigenvalue weighted by Gasteiger charge is -2.28. The maximum Gasteiger partial charge on any atom is 0.242 e. The van der Waals surface area contributed by atoms with Gasteiger partial charge in [0, 0.05) is 25.1 Å². The molecule has 1 aliphatic heterocycles. The van der Waals surface area contributed by atoms with Gasteiger partial charge >= 0.3 is 0 Å². The third-order valence-electron chi connectivity index (χ3n) is 7.05. The van der Waals surface area contributed by atoms with E-state index >= 15 is 0 Å². The van der Waals surface area contributed by atoms with Gasteiger partial charge in [0.2, 0.25) is 5.91 Å².